The fourth-order valence-electron chi connectivity index (χ4n) is 17.8. The Bertz CT molecular complexity index is 5080. The molecule has 0 radical (unpaired) electrons. The van der Waals surface area contributed by atoms with Gasteiger partial charge in [-0.05, 0) is 190 Å². The van der Waals surface area contributed by atoms with Gasteiger partial charge in [0.2, 0.25) is 0 Å². The number of nitrogens with zero attached hydrogens (tertiary/aromatic N) is 18. The Hall–Kier alpha value is -7.88. The van der Waals surface area contributed by atoms with Crippen LogP contribution in [0.1, 0.15) is 188 Å². The molecule has 0 amide bonds. The maximum absolute atomic E-state index is 11.7. The Morgan fingerprint density at radius 1 is 0.537 bits per heavy atom. The molecule has 12 heterocycles. The lowest BCUT2D eigenvalue weighted by atomic mass is 9.89. The van der Waals surface area contributed by atoms with Crippen LogP contribution in [0.2, 0.25) is 30.1 Å². The van der Waals surface area contributed by atoms with Crippen molar-refractivity contribution in [3.63, 3.8) is 0 Å². The highest BCUT2D eigenvalue weighted by atomic mass is 35.5. The standard InChI is InChI=1S/C27H36Cl2N6O.C26H34Cl2N6.C25H30Cl2N6O3.C2HF3O2.CH2O2.CO2.3CH4.ClH/c1-16-15-33(12-10-22(16)34-11-6-7-23(34)27(4,5)36)24-14-30-25-17(2)32-35(26(25)31-24)18(3)20-9-8-19(28)13-21(20)29;1-16-6-5-10-32(14-16)23-9-11-33(15-17(23)2)24-13-29-25-18(3)31-34(26(25)30-24)19(4)21-8-7-20(27)12-22(21)28;1-13-11-31(7-6-20(13)32-12-17(34)9-21(32)25(35)36)22-10-28-23-14(2)30-33(24(23)29-22)15(3)18-5-4-16(26)8-19(18)27;3-2(4,5)1(6)7;2*2-1-3;;;;/h8-9,13-14,16,18,22-23,36H,6-7,10-12,15H2,1-5H3;7-8,12-13,16-17,19,23H,5-6,9-11,14-15H2,1-4H3;4-5,8,10,13,15,17,20-21,34H,6-7,9,11-12H2,1-3H3,(H,35,36);(H,6,7);1H,(H,2,3);;3*1H4;1H/t16-,18-,22?,23+;16-,17-,19-,23?;13-,15-,17-,20?,21+;;;;;;;/m111......./s1. The minimum absolute atomic E-state index is 0. The highest BCUT2D eigenvalue weighted by Crippen LogP contribution is 2.40. The first-order valence-electron chi connectivity index (χ1n) is 39.8. The van der Waals surface area contributed by atoms with Gasteiger partial charge < -0.3 is 40.2 Å². The van der Waals surface area contributed by atoms with Gasteiger partial charge in [0.05, 0.1) is 65.5 Å². The molecule has 28 nitrogen and oxygen atoms in total. The number of carbonyl (C=O) groups excluding carboxylic acids is 2. The van der Waals surface area contributed by atoms with Gasteiger partial charge in [-0.3, -0.25) is 24.3 Å². The molecule has 6 saturated heterocycles. The number of aryl methyl sites for hydroxylation is 3. The van der Waals surface area contributed by atoms with Crippen LogP contribution in [-0.4, -0.2) is 238 Å². The van der Waals surface area contributed by atoms with E-state index in [1.807, 2.05) is 109 Å². The summed E-state index contributed by atoms with van der Waals surface area (Å²) in [5.41, 5.74) is 9.28. The van der Waals surface area contributed by atoms with Gasteiger partial charge in [-0.1, -0.05) is 138 Å². The van der Waals surface area contributed by atoms with Gasteiger partial charge in [0.15, 0.2) is 16.9 Å². The number of halogens is 10. The number of carbonyl (C=O) groups is 3. The second kappa shape index (κ2) is 45.0. The summed E-state index contributed by atoms with van der Waals surface area (Å²) < 4.78 is 37.5. The molecule has 6 aromatic heterocycles. The van der Waals surface area contributed by atoms with E-state index in [9.17, 15) is 33.3 Å². The zero-order valence-electron chi connectivity index (χ0n) is 68.9. The number of likely N-dealkylation sites (tertiary alicyclic amines) is 3. The molecule has 3 unspecified atom stereocenters. The third kappa shape index (κ3) is 24.7. The number of aliphatic hydroxyl groups is 2. The zero-order chi connectivity index (χ0) is 87.0. The number of alkyl halides is 3. The Kier molecular flexibility index (Phi) is 38.0. The molecule has 0 saturated carbocycles. The number of aliphatic hydroxyl groups excluding tert-OH is 1. The molecular weight excluding hydrogens is 1740 g/mol. The van der Waals surface area contributed by atoms with Crippen molar-refractivity contribution in [3.05, 3.63) is 137 Å². The maximum Gasteiger partial charge on any atom is 0.490 e. The van der Waals surface area contributed by atoms with Gasteiger partial charge in [-0.25, -0.2) is 48.7 Å². The molecule has 5 N–H and O–H groups in total. The highest BCUT2D eigenvalue weighted by molar-refractivity contribution is 6.36. The van der Waals surface area contributed by atoms with E-state index in [4.69, 9.17) is 144 Å². The number of hydrogen-bond donors (Lipinski definition) is 5. The number of hydrogen-bond acceptors (Lipinski definition) is 22. The van der Waals surface area contributed by atoms with E-state index in [-0.39, 0.29) is 89.9 Å². The summed E-state index contributed by atoms with van der Waals surface area (Å²) >= 11 is 37.8. The van der Waals surface area contributed by atoms with E-state index in [1.165, 1.54) is 32.4 Å². The Balaban J connectivity index is 0.000000262. The smallest absolute Gasteiger partial charge is 0.483 e. The van der Waals surface area contributed by atoms with Gasteiger partial charge in [0, 0.05) is 113 Å². The number of fused-ring (bicyclic) bond motifs is 3. The average molecular weight is 1860 g/mol. The molecule has 0 spiro atoms. The minimum Gasteiger partial charge on any atom is -0.483 e. The van der Waals surface area contributed by atoms with E-state index < -0.39 is 35.9 Å². The Morgan fingerprint density at radius 2 is 0.870 bits per heavy atom. The molecule has 6 aliphatic rings. The number of β-amino-alcohol motifs (C(OH)–C–C–N with tert-alkyl or cyclic N) is 1. The van der Waals surface area contributed by atoms with E-state index in [1.54, 1.807) is 24.4 Å². The molecule has 38 heteroatoms. The molecule has 9 aromatic rings. The van der Waals surface area contributed by atoms with Gasteiger partial charge in [-0.15, -0.1) is 12.4 Å². The second-order valence-electron chi connectivity index (χ2n) is 32.4. The summed E-state index contributed by atoms with van der Waals surface area (Å²) in [6.07, 6.45) is 8.35. The molecular formula is C85H116Cl7F3N18O10. The van der Waals surface area contributed by atoms with E-state index in [0.29, 0.717) is 66.2 Å². The van der Waals surface area contributed by atoms with Gasteiger partial charge in [0.1, 0.15) is 40.0 Å². The molecule has 6 fully saturated rings. The van der Waals surface area contributed by atoms with Crippen LogP contribution in [0.5, 0.6) is 0 Å². The predicted molar refractivity (Wildman–Crippen MR) is 480 cm³/mol. The molecule has 15 rings (SSSR count). The van der Waals surface area contributed by atoms with Gasteiger partial charge in [0.25, 0.3) is 6.47 Å². The number of anilines is 3. The first kappa shape index (κ1) is 104. The number of rotatable bonds is 14. The Morgan fingerprint density at radius 3 is 1.18 bits per heavy atom. The molecule has 6 aliphatic heterocycles. The summed E-state index contributed by atoms with van der Waals surface area (Å²) in [5, 5.41) is 62.4. The largest absolute Gasteiger partial charge is 0.490 e. The number of carboxylic acid groups (broad SMARTS) is 3. The summed E-state index contributed by atoms with van der Waals surface area (Å²) in [5.74, 6) is 1.01. The van der Waals surface area contributed by atoms with Crippen molar-refractivity contribution in [2.45, 2.75) is 223 Å². The van der Waals surface area contributed by atoms with E-state index in [2.05, 4.69) is 66.0 Å². The van der Waals surface area contributed by atoms with Crippen molar-refractivity contribution >= 4 is 158 Å². The third-order valence-electron chi connectivity index (χ3n) is 23.5. The van der Waals surface area contributed by atoms with Crippen molar-refractivity contribution in [3.8, 4) is 0 Å². The Labute approximate surface area is 753 Å². The molecule has 676 valence electrons. The molecule has 123 heavy (non-hydrogen) atoms. The van der Waals surface area contributed by atoms with Crippen LogP contribution in [0.3, 0.4) is 0 Å². The van der Waals surface area contributed by atoms with Crippen LogP contribution >= 0.6 is 82.0 Å². The van der Waals surface area contributed by atoms with Crippen LogP contribution in [0, 0.1) is 44.4 Å². The molecule has 0 bridgehead atoms. The second-order valence-corrected chi connectivity index (χ2v) is 34.9. The van der Waals surface area contributed by atoms with Crippen LogP contribution in [0.4, 0.5) is 30.6 Å². The molecule has 3 aromatic carbocycles. The zero-order valence-corrected chi connectivity index (χ0v) is 74.2. The predicted octanol–water partition coefficient (Wildman–Crippen LogP) is 17.4. The first-order valence-corrected chi connectivity index (χ1v) is 42.0. The van der Waals surface area contributed by atoms with Crippen molar-refractivity contribution in [2.75, 3.05) is 80.1 Å². The van der Waals surface area contributed by atoms with Gasteiger partial charge >= 0.3 is 24.3 Å². The van der Waals surface area contributed by atoms with Crippen molar-refractivity contribution < 1.29 is 62.7 Å². The number of piperidine rings is 4. The summed E-state index contributed by atoms with van der Waals surface area (Å²) in [7, 11) is 0. The first-order chi connectivity index (χ1) is 56.3. The average Bonchev–Trinajstić information content (AvgIpc) is 1.64. The fraction of sp³-hybridized carbons (Fsp3) is 0.565. The lowest BCUT2D eigenvalue weighted by Gasteiger charge is -2.46. The monoisotopic (exact) mass is 1850 g/mol. The van der Waals surface area contributed by atoms with Crippen LogP contribution < -0.4 is 14.7 Å². The minimum atomic E-state index is -5.08. The van der Waals surface area contributed by atoms with Crippen molar-refractivity contribution in [2.24, 2.45) is 23.7 Å². The number of aliphatic carboxylic acids is 2. The van der Waals surface area contributed by atoms with Crippen molar-refractivity contribution in [1.29, 1.82) is 0 Å². The molecule has 13 atom stereocenters. The quantitative estimate of drug-likeness (QED) is 0.0631. The van der Waals surface area contributed by atoms with Crippen molar-refractivity contribution in [1.82, 2.24) is 73.9 Å². The maximum atomic E-state index is 11.7. The lowest BCUT2D eigenvalue weighted by molar-refractivity contribution is -0.193. The van der Waals surface area contributed by atoms with E-state index in [0.717, 1.165) is 156 Å². The number of aromatic nitrogens is 12. The fourth-order valence-corrected chi connectivity index (χ4v) is 19.5. The SMILES string of the molecule is C.C.C.Cc1nn([C@H](C)c2ccc(Cl)cc2Cl)c2nc(N3CCC(N4CCC[C@@H](C)C4)[C@H](C)C3)cnc12.Cc1nn([C@H](C)c2ccc(Cl)cc2Cl)c2nc(N3CCC(N4CCC[C@H]4C(C)(C)O)[C@H](C)C3)cnc12.Cc1nn([C@H](C)c2ccc(Cl)cc2Cl)c2nc(N3CCC(N4C[C@H](O)C[C@H]4C(=O)O)[C@H](C)C3)cnc12.Cl.O=C(O)C(F)(F)F.O=C=O.O=CO. The number of benzene rings is 3. The number of carboxylic acids is 2. The van der Waals surface area contributed by atoms with Crippen LogP contribution in [0.15, 0.2) is 73.2 Å². The van der Waals surface area contributed by atoms with Crippen LogP contribution in [-0.2, 0) is 24.0 Å². The topological polar surface area (TPSA) is 337 Å². The summed E-state index contributed by atoms with van der Waals surface area (Å²) in [4.78, 5) is 88.8. The summed E-state index contributed by atoms with van der Waals surface area (Å²) in [6.45, 7) is 34.1. The highest BCUT2D eigenvalue weighted by Gasteiger charge is 2.46. The lowest BCUT2D eigenvalue weighted by Crippen LogP contribution is -2.56. The van der Waals surface area contributed by atoms with Crippen LogP contribution in [0.25, 0.3) is 33.5 Å². The third-order valence-corrected chi connectivity index (χ3v) is 25.2. The van der Waals surface area contributed by atoms with Gasteiger partial charge in [-0.2, -0.15) is 38.1 Å². The molecule has 0 aliphatic carbocycles. The normalized spacial score (nSPS) is 22.5. The van der Waals surface area contributed by atoms with E-state index >= 15 is 0 Å². The summed E-state index contributed by atoms with van der Waals surface area (Å²) in [6, 6.07) is 17.1.